The molecule has 0 aromatic heterocycles. The molecular formula is C14H13NO2. The van der Waals surface area contributed by atoms with E-state index in [0.717, 1.165) is 23.8 Å². The summed E-state index contributed by atoms with van der Waals surface area (Å²) in [7, 11) is 0. The average Bonchev–Trinajstić information content (AvgIpc) is 2.63. The molecular weight excluding hydrogens is 214 g/mol. The van der Waals surface area contributed by atoms with Crippen LogP contribution in [0.5, 0.6) is 0 Å². The summed E-state index contributed by atoms with van der Waals surface area (Å²) in [6.07, 6.45) is 3.40. The summed E-state index contributed by atoms with van der Waals surface area (Å²) in [6.45, 7) is 2.03. The van der Waals surface area contributed by atoms with Crippen LogP contribution in [0.15, 0.2) is 36.0 Å². The molecule has 2 aliphatic heterocycles. The number of fused-ring (bicyclic) bond motifs is 3. The van der Waals surface area contributed by atoms with Gasteiger partial charge in [-0.15, -0.1) is 0 Å². The molecule has 17 heavy (non-hydrogen) atoms. The number of amides is 1. The highest BCUT2D eigenvalue weighted by Gasteiger charge is 2.39. The van der Waals surface area contributed by atoms with Gasteiger partial charge in [-0.1, -0.05) is 25.1 Å². The summed E-state index contributed by atoms with van der Waals surface area (Å²) in [5.74, 6) is 0.226. The van der Waals surface area contributed by atoms with Crippen molar-refractivity contribution in [2.75, 3.05) is 0 Å². The Kier molecular flexibility index (Phi) is 2.15. The topological polar surface area (TPSA) is 37.4 Å². The Morgan fingerprint density at radius 2 is 2.12 bits per heavy atom. The smallest absolute Gasteiger partial charge is 0.258 e. The predicted molar refractivity (Wildman–Crippen MR) is 63.3 cm³/mol. The fraction of sp³-hybridized carbons (Fsp3) is 0.286. The zero-order valence-corrected chi connectivity index (χ0v) is 9.59. The maximum atomic E-state index is 12.2. The summed E-state index contributed by atoms with van der Waals surface area (Å²) in [5, 5.41) is 0. The Labute approximate surface area is 99.7 Å². The highest BCUT2D eigenvalue weighted by atomic mass is 16.2. The lowest BCUT2D eigenvalue weighted by molar-refractivity contribution is -0.105. The third-order valence-corrected chi connectivity index (χ3v) is 3.69. The van der Waals surface area contributed by atoms with Gasteiger partial charge in [0.05, 0.1) is 6.04 Å². The van der Waals surface area contributed by atoms with Gasteiger partial charge in [0.25, 0.3) is 5.91 Å². The molecule has 0 aliphatic carbocycles. The minimum Gasteiger partial charge on any atom is -0.307 e. The number of nitrogens with zero attached hydrogens (tertiary/aromatic N) is 1. The largest absolute Gasteiger partial charge is 0.307 e. The average molecular weight is 227 g/mol. The predicted octanol–water partition coefficient (Wildman–Crippen LogP) is 2.31. The summed E-state index contributed by atoms with van der Waals surface area (Å²) >= 11 is 0. The summed E-state index contributed by atoms with van der Waals surface area (Å²) < 4.78 is 0. The lowest BCUT2D eigenvalue weighted by Gasteiger charge is -2.30. The molecule has 2 aliphatic rings. The number of hydrogen-bond acceptors (Lipinski definition) is 2. The van der Waals surface area contributed by atoms with Gasteiger partial charge in [0, 0.05) is 17.3 Å². The second-order valence-corrected chi connectivity index (χ2v) is 4.70. The monoisotopic (exact) mass is 227 g/mol. The van der Waals surface area contributed by atoms with Gasteiger partial charge in [0.1, 0.15) is 6.29 Å². The third-order valence-electron chi connectivity index (χ3n) is 3.69. The van der Waals surface area contributed by atoms with Crippen molar-refractivity contribution in [1.82, 2.24) is 4.90 Å². The van der Waals surface area contributed by atoms with Gasteiger partial charge in [-0.3, -0.25) is 9.59 Å². The Hall–Kier alpha value is -1.90. The molecule has 3 nitrogen and oxygen atoms in total. The van der Waals surface area contributed by atoms with E-state index in [1.165, 1.54) is 0 Å². The van der Waals surface area contributed by atoms with E-state index in [9.17, 15) is 9.59 Å². The Morgan fingerprint density at radius 3 is 2.88 bits per heavy atom. The van der Waals surface area contributed by atoms with Crippen molar-refractivity contribution in [3.05, 3.63) is 47.2 Å². The highest BCUT2D eigenvalue weighted by molar-refractivity contribution is 6.00. The lowest BCUT2D eigenvalue weighted by Crippen LogP contribution is -2.29. The first-order valence-corrected chi connectivity index (χ1v) is 5.81. The van der Waals surface area contributed by atoms with Crippen molar-refractivity contribution in [3.8, 4) is 0 Å². The zero-order valence-electron chi connectivity index (χ0n) is 9.59. The fourth-order valence-corrected chi connectivity index (χ4v) is 2.71. The third kappa shape index (κ3) is 1.35. The maximum absolute atomic E-state index is 12.2. The molecule has 0 saturated heterocycles. The van der Waals surface area contributed by atoms with Crippen molar-refractivity contribution in [3.63, 3.8) is 0 Å². The molecule has 3 heteroatoms. The SMILES string of the molecule is C[C@@H]1C[C@H]2c3ccccc3C(=O)N2C=C1C=O. The molecule has 0 radical (unpaired) electrons. The van der Waals surface area contributed by atoms with Crippen LogP contribution in [0.4, 0.5) is 0 Å². The lowest BCUT2D eigenvalue weighted by atomic mass is 9.89. The van der Waals surface area contributed by atoms with Gasteiger partial charge < -0.3 is 4.90 Å². The molecule has 1 aromatic carbocycles. The summed E-state index contributed by atoms with van der Waals surface area (Å²) in [4.78, 5) is 24.8. The van der Waals surface area contributed by atoms with Gasteiger partial charge in [0.2, 0.25) is 0 Å². The molecule has 0 unspecified atom stereocenters. The Morgan fingerprint density at radius 1 is 1.35 bits per heavy atom. The van der Waals surface area contributed by atoms with Crippen molar-refractivity contribution in [2.24, 2.45) is 5.92 Å². The second-order valence-electron chi connectivity index (χ2n) is 4.70. The van der Waals surface area contributed by atoms with Crippen molar-refractivity contribution in [2.45, 2.75) is 19.4 Å². The van der Waals surface area contributed by atoms with Crippen molar-refractivity contribution >= 4 is 12.2 Å². The van der Waals surface area contributed by atoms with Gasteiger partial charge in [-0.05, 0) is 24.0 Å². The second kappa shape index (κ2) is 3.55. The van der Waals surface area contributed by atoms with E-state index >= 15 is 0 Å². The van der Waals surface area contributed by atoms with E-state index in [-0.39, 0.29) is 17.9 Å². The normalized spacial score (nSPS) is 26.3. The molecule has 0 fully saturated rings. The molecule has 1 aromatic rings. The van der Waals surface area contributed by atoms with Crippen LogP contribution in [-0.2, 0) is 4.79 Å². The van der Waals surface area contributed by atoms with E-state index in [0.29, 0.717) is 5.57 Å². The molecule has 3 rings (SSSR count). The highest BCUT2D eigenvalue weighted by Crippen LogP contribution is 2.42. The van der Waals surface area contributed by atoms with Crippen molar-refractivity contribution < 1.29 is 9.59 Å². The number of carbonyl (C=O) groups is 2. The van der Waals surface area contributed by atoms with Crippen LogP contribution in [-0.4, -0.2) is 17.1 Å². The molecule has 0 bridgehead atoms. The fourth-order valence-electron chi connectivity index (χ4n) is 2.71. The van der Waals surface area contributed by atoms with Gasteiger partial charge in [-0.25, -0.2) is 0 Å². The van der Waals surface area contributed by atoms with Crippen LogP contribution in [0.25, 0.3) is 0 Å². The summed E-state index contributed by atoms with van der Waals surface area (Å²) in [5.41, 5.74) is 2.57. The maximum Gasteiger partial charge on any atom is 0.258 e. The van der Waals surface area contributed by atoms with E-state index < -0.39 is 0 Å². The number of allylic oxidation sites excluding steroid dienone is 1. The zero-order chi connectivity index (χ0) is 12.0. The molecule has 2 atom stereocenters. The molecule has 0 N–H and O–H groups in total. The van der Waals surface area contributed by atoms with Gasteiger partial charge in [0.15, 0.2) is 0 Å². The minimum atomic E-state index is 0.0110. The molecule has 0 saturated carbocycles. The first-order valence-electron chi connectivity index (χ1n) is 5.81. The van der Waals surface area contributed by atoms with Crippen LogP contribution in [0.2, 0.25) is 0 Å². The summed E-state index contributed by atoms with van der Waals surface area (Å²) in [6, 6.07) is 7.80. The number of rotatable bonds is 1. The van der Waals surface area contributed by atoms with E-state index in [1.54, 1.807) is 11.1 Å². The number of carbonyl (C=O) groups excluding carboxylic acids is 2. The molecule has 2 heterocycles. The van der Waals surface area contributed by atoms with E-state index in [4.69, 9.17) is 0 Å². The number of aldehydes is 1. The van der Waals surface area contributed by atoms with Crippen LogP contribution in [0.3, 0.4) is 0 Å². The first-order chi connectivity index (χ1) is 8.22. The van der Waals surface area contributed by atoms with Crippen LogP contribution >= 0.6 is 0 Å². The number of hydrogen-bond donors (Lipinski definition) is 0. The molecule has 0 spiro atoms. The van der Waals surface area contributed by atoms with E-state index in [2.05, 4.69) is 0 Å². The Balaban J connectivity index is 2.11. The Bertz CT molecular complexity index is 533. The number of benzene rings is 1. The van der Waals surface area contributed by atoms with Gasteiger partial charge >= 0.3 is 0 Å². The molecule has 1 amide bonds. The minimum absolute atomic E-state index is 0.0110. The van der Waals surface area contributed by atoms with Gasteiger partial charge in [-0.2, -0.15) is 0 Å². The standard InChI is InChI=1S/C14H13NO2/c1-9-6-13-11-4-2-3-5-12(11)14(17)15(13)7-10(9)8-16/h2-5,7-9,13H,6H2,1H3/t9-,13+/m1/s1. The van der Waals surface area contributed by atoms with Crippen LogP contribution < -0.4 is 0 Å². The molecule has 86 valence electrons. The quantitative estimate of drug-likeness (QED) is 0.690. The first kappa shape index (κ1) is 10.3. The van der Waals surface area contributed by atoms with Crippen LogP contribution in [0, 0.1) is 5.92 Å². The van der Waals surface area contributed by atoms with Crippen molar-refractivity contribution in [1.29, 1.82) is 0 Å². The van der Waals surface area contributed by atoms with E-state index in [1.807, 2.05) is 31.2 Å². The van der Waals surface area contributed by atoms with Crippen LogP contribution in [0.1, 0.15) is 35.3 Å².